The Bertz CT molecular complexity index is 372. The fourth-order valence-electron chi connectivity index (χ4n) is 2.25. The zero-order chi connectivity index (χ0) is 11.5. The Hall–Kier alpha value is -1.29. The van der Waals surface area contributed by atoms with Gasteiger partial charge in [0.15, 0.2) is 0 Å². The van der Waals surface area contributed by atoms with Gasteiger partial charge in [0.05, 0.1) is 12.8 Å². The highest BCUT2D eigenvalue weighted by Crippen LogP contribution is 2.22. The quantitative estimate of drug-likeness (QED) is 0.850. The molecule has 4 heteroatoms. The molecule has 88 valence electrons. The number of rotatable bonds is 4. The summed E-state index contributed by atoms with van der Waals surface area (Å²) < 4.78 is 5.23. The van der Waals surface area contributed by atoms with Crippen LogP contribution in [0.1, 0.15) is 35.9 Å². The van der Waals surface area contributed by atoms with Crippen LogP contribution in [0.5, 0.6) is 0 Å². The fourth-order valence-corrected chi connectivity index (χ4v) is 2.25. The number of carboxylic acid groups (broad SMARTS) is 1. The van der Waals surface area contributed by atoms with E-state index in [0.717, 1.165) is 19.0 Å². The van der Waals surface area contributed by atoms with Gasteiger partial charge in [-0.2, -0.15) is 0 Å². The van der Waals surface area contributed by atoms with Crippen LogP contribution in [0.4, 0.5) is 0 Å². The van der Waals surface area contributed by atoms with Gasteiger partial charge in [0.2, 0.25) is 0 Å². The van der Waals surface area contributed by atoms with E-state index >= 15 is 0 Å². The van der Waals surface area contributed by atoms with Crippen molar-refractivity contribution < 1.29 is 14.3 Å². The van der Waals surface area contributed by atoms with Crippen molar-refractivity contribution in [2.75, 3.05) is 13.1 Å². The molecule has 1 aliphatic heterocycles. The van der Waals surface area contributed by atoms with Gasteiger partial charge in [0.1, 0.15) is 11.3 Å². The van der Waals surface area contributed by atoms with E-state index in [9.17, 15) is 4.79 Å². The third-order valence-electron chi connectivity index (χ3n) is 3.29. The third-order valence-corrected chi connectivity index (χ3v) is 3.29. The summed E-state index contributed by atoms with van der Waals surface area (Å²) in [5.74, 6) is 0.419. The van der Waals surface area contributed by atoms with Crippen LogP contribution in [-0.2, 0) is 6.54 Å². The van der Waals surface area contributed by atoms with Crippen molar-refractivity contribution in [1.29, 1.82) is 0 Å². The molecule has 4 nitrogen and oxygen atoms in total. The Morgan fingerprint density at radius 2 is 2.50 bits per heavy atom. The zero-order valence-electron chi connectivity index (χ0n) is 9.48. The highest BCUT2D eigenvalue weighted by Gasteiger charge is 2.23. The standard InChI is InChI=1S/C12H17NO3/c1-2-9-3-5-13(7-9)8-11-10(12(14)15)4-6-16-11/h4,6,9H,2-3,5,7-8H2,1H3,(H,14,15). The van der Waals surface area contributed by atoms with Gasteiger partial charge in [-0.1, -0.05) is 13.3 Å². The lowest BCUT2D eigenvalue weighted by molar-refractivity contribution is 0.0693. The van der Waals surface area contributed by atoms with Gasteiger partial charge >= 0.3 is 5.97 Å². The molecule has 1 aromatic heterocycles. The molecule has 1 unspecified atom stereocenters. The predicted molar refractivity (Wildman–Crippen MR) is 59.3 cm³/mol. The van der Waals surface area contributed by atoms with Gasteiger partial charge in [0, 0.05) is 6.54 Å². The summed E-state index contributed by atoms with van der Waals surface area (Å²) in [4.78, 5) is 13.2. The molecule has 0 saturated carbocycles. The minimum atomic E-state index is -0.907. The van der Waals surface area contributed by atoms with Crippen LogP contribution < -0.4 is 0 Å². The summed E-state index contributed by atoms with van der Waals surface area (Å²) >= 11 is 0. The van der Waals surface area contributed by atoms with E-state index in [0.29, 0.717) is 17.9 Å². The molecule has 0 aliphatic carbocycles. The van der Waals surface area contributed by atoms with Crippen LogP contribution in [0.2, 0.25) is 0 Å². The SMILES string of the molecule is CCC1CCN(Cc2occc2C(=O)O)C1. The lowest BCUT2D eigenvalue weighted by Gasteiger charge is -2.14. The summed E-state index contributed by atoms with van der Waals surface area (Å²) in [5, 5.41) is 8.95. The molecule has 0 spiro atoms. The van der Waals surface area contributed by atoms with E-state index in [4.69, 9.17) is 9.52 Å². The fraction of sp³-hybridized carbons (Fsp3) is 0.583. The Balaban J connectivity index is 1.99. The molecule has 1 fully saturated rings. The number of carboxylic acids is 1. The Kier molecular flexibility index (Phi) is 3.29. The average Bonchev–Trinajstić information content (AvgIpc) is 2.87. The molecule has 0 radical (unpaired) electrons. The molecule has 2 rings (SSSR count). The van der Waals surface area contributed by atoms with Gasteiger partial charge in [0.25, 0.3) is 0 Å². The first-order valence-corrected chi connectivity index (χ1v) is 5.72. The summed E-state index contributed by atoms with van der Waals surface area (Å²) in [5.41, 5.74) is 0.292. The van der Waals surface area contributed by atoms with Crippen molar-refractivity contribution in [3.63, 3.8) is 0 Å². The highest BCUT2D eigenvalue weighted by atomic mass is 16.4. The van der Waals surface area contributed by atoms with Crippen LogP contribution in [0.25, 0.3) is 0 Å². The van der Waals surface area contributed by atoms with Crippen LogP contribution in [-0.4, -0.2) is 29.1 Å². The highest BCUT2D eigenvalue weighted by molar-refractivity contribution is 5.88. The van der Waals surface area contributed by atoms with Crippen LogP contribution in [0.15, 0.2) is 16.7 Å². The van der Waals surface area contributed by atoms with E-state index in [1.165, 1.54) is 25.2 Å². The number of furan rings is 1. The lowest BCUT2D eigenvalue weighted by atomic mass is 10.1. The van der Waals surface area contributed by atoms with Crippen molar-refractivity contribution >= 4 is 5.97 Å². The molecular formula is C12H17NO3. The molecule has 1 atom stereocenters. The summed E-state index contributed by atoms with van der Waals surface area (Å²) in [6.07, 6.45) is 3.85. The molecule has 0 bridgehead atoms. The van der Waals surface area contributed by atoms with Crippen molar-refractivity contribution in [2.45, 2.75) is 26.3 Å². The molecule has 1 aliphatic rings. The lowest BCUT2D eigenvalue weighted by Crippen LogP contribution is -2.20. The summed E-state index contributed by atoms with van der Waals surface area (Å²) in [7, 11) is 0. The number of nitrogens with zero attached hydrogens (tertiary/aromatic N) is 1. The topological polar surface area (TPSA) is 53.7 Å². The number of aromatic carboxylic acids is 1. The normalized spacial score (nSPS) is 21.4. The first-order valence-electron chi connectivity index (χ1n) is 5.72. The summed E-state index contributed by atoms with van der Waals surface area (Å²) in [6.45, 7) is 4.91. The van der Waals surface area contributed by atoms with Crippen LogP contribution in [0.3, 0.4) is 0 Å². The summed E-state index contributed by atoms with van der Waals surface area (Å²) in [6, 6.07) is 1.52. The van der Waals surface area contributed by atoms with Gasteiger partial charge in [-0.3, -0.25) is 4.90 Å². The second-order valence-electron chi connectivity index (χ2n) is 4.36. The van der Waals surface area contributed by atoms with Gasteiger partial charge < -0.3 is 9.52 Å². The zero-order valence-corrected chi connectivity index (χ0v) is 9.48. The molecule has 1 N–H and O–H groups in total. The van der Waals surface area contributed by atoms with E-state index in [1.54, 1.807) is 0 Å². The molecule has 1 saturated heterocycles. The number of carbonyl (C=O) groups is 1. The Morgan fingerprint density at radius 3 is 3.12 bits per heavy atom. The van der Waals surface area contributed by atoms with E-state index in [1.807, 2.05) is 0 Å². The second kappa shape index (κ2) is 4.70. The average molecular weight is 223 g/mol. The van der Waals surface area contributed by atoms with Crippen LogP contribution in [0, 0.1) is 5.92 Å². The number of hydrogen-bond acceptors (Lipinski definition) is 3. The minimum absolute atomic E-state index is 0.292. The smallest absolute Gasteiger partial charge is 0.339 e. The second-order valence-corrected chi connectivity index (χ2v) is 4.36. The Labute approximate surface area is 94.9 Å². The molecule has 2 heterocycles. The van der Waals surface area contributed by atoms with E-state index in [-0.39, 0.29) is 0 Å². The predicted octanol–water partition coefficient (Wildman–Crippen LogP) is 2.21. The third kappa shape index (κ3) is 2.27. The number of hydrogen-bond donors (Lipinski definition) is 1. The van der Waals surface area contributed by atoms with Crippen molar-refractivity contribution in [2.24, 2.45) is 5.92 Å². The maximum Gasteiger partial charge on any atom is 0.339 e. The largest absolute Gasteiger partial charge is 0.478 e. The number of likely N-dealkylation sites (tertiary alicyclic amines) is 1. The minimum Gasteiger partial charge on any atom is -0.478 e. The van der Waals surface area contributed by atoms with Gasteiger partial charge in [-0.05, 0) is 24.9 Å². The van der Waals surface area contributed by atoms with Crippen LogP contribution >= 0.6 is 0 Å². The monoisotopic (exact) mass is 223 g/mol. The first-order chi connectivity index (χ1) is 7.70. The molecular weight excluding hydrogens is 206 g/mol. The molecule has 1 aromatic rings. The Morgan fingerprint density at radius 1 is 1.69 bits per heavy atom. The van der Waals surface area contributed by atoms with Crippen molar-refractivity contribution in [3.8, 4) is 0 Å². The van der Waals surface area contributed by atoms with E-state index in [2.05, 4.69) is 11.8 Å². The van der Waals surface area contributed by atoms with Crippen molar-refractivity contribution in [3.05, 3.63) is 23.7 Å². The van der Waals surface area contributed by atoms with Gasteiger partial charge in [-0.25, -0.2) is 4.79 Å². The first kappa shape index (κ1) is 11.2. The molecule has 16 heavy (non-hydrogen) atoms. The molecule has 0 aromatic carbocycles. The maximum absolute atomic E-state index is 10.9. The van der Waals surface area contributed by atoms with Crippen molar-refractivity contribution in [1.82, 2.24) is 4.90 Å². The van der Waals surface area contributed by atoms with E-state index < -0.39 is 5.97 Å². The maximum atomic E-state index is 10.9. The van der Waals surface area contributed by atoms with Gasteiger partial charge in [-0.15, -0.1) is 0 Å². The molecule has 0 amide bonds.